The molecule has 1 heterocycles. The minimum Gasteiger partial charge on any atom is -0.465 e. The quantitative estimate of drug-likeness (QED) is 0.662. The van der Waals surface area contributed by atoms with Gasteiger partial charge in [-0.2, -0.15) is 13.2 Å². The maximum Gasteiger partial charge on any atom is 0.434 e. The van der Waals surface area contributed by atoms with Crippen LogP contribution in [0.25, 0.3) is 0 Å². The van der Waals surface area contributed by atoms with E-state index in [1.165, 1.54) is 0 Å². The third-order valence-corrected chi connectivity index (χ3v) is 1.99. The molecule has 0 unspecified atom stereocenters. The fourth-order valence-electron chi connectivity index (χ4n) is 1.20. The van der Waals surface area contributed by atoms with Crippen molar-refractivity contribution in [3.63, 3.8) is 0 Å². The second kappa shape index (κ2) is 4.75. The summed E-state index contributed by atoms with van der Waals surface area (Å²) in [7, 11) is 0.820. The highest BCUT2D eigenvalue weighted by Crippen LogP contribution is 2.34. The molecule has 4 nitrogen and oxygen atoms in total. The molecule has 0 spiro atoms. The topological polar surface area (TPSA) is 65.2 Å². The molecular formula is C9H7F5N2O2. The summed E-state index contributed by atoms with van der Waals surface area (Å²) in [6.07, 6.45) is -8.15. The average molecular weight is 270 g/mol. The predicted octanol–water partition coefficient (Wildman–Crippen LogP) is 2.41. The Bertz CT molecular complexity index is 473. The number of halogens is 5. The highest BCUT2D eigenvalue weighted by Gasteiger charge is 2.39. The molecule has 18 heavy (non-hydrogen) atoms. The number of hydrogen-bond donors (Lipinski definition) is 1. The second-order valence-electron chi connectivity index (χ2n) is 3.15. The van der Waals surface area contributed by atoms with E-state index < -0.39 is 41.2 Å². The molecule has 0 aliphatic carbocycles. The monoisotopic (exact) mass is 270 g/mol. The summed E-state index contributed by atoms with van der Waals surface area (Å²) in [5.41, 5.74) is 1.27. The van der Waals surface area contributed by atoms with Crippen LogP contribution in [0.1, 0.15) is 28.0 Å². The van der Waals surface area contributed by atoms with Gasteiger partial charge < -0.3 is 10.5 Å². The predicted molar refractivity (Wildman–Crippen MR) is 49.9 cm³/mol. The van der Waals surface area contributed by atoms with Crippen molar-refractivity contribution >= 4 is 11.8 Å². The van der Waals surface area contributed by atoms with E-state index in [0.29, 0.717) is 6.07 Å². The van der Waals surface area contributed by atoms with E-state index in [-0.39, 0.29) is 0 Å². The Morgan fingerprint density at radius 1 is 1.44 bits per heavy atom. The van der Waals surface area contributed by atoms with Gasteiger partial charge in [0.15, 0.2) is 5.69 Å². The number of aromatic nitrogens is 1. The smallest absolute Gasteiger partial charge is 0.434 e. The molecule has 0 saturated carbocycles. The van der Waals surface area contributed by atoms with Crippen molar-refractivity contribution in [2.24, 2.45) is 0 Å². The van der Waals surface area contributed by atoms with Gasteiger partial charge >= 0.3 is 12.1 Å². The third kappa shape index (κ3) is 2.66. The van der Waals surface area contributed by atoms with E-state index in [0.717, 1.165) is 7.11 Å². The van der Waals surface area contributed by atoms with Gasteiger partial charge in [0.2, 0.25) is 0 Å². The normalized spacial score (nSPS) is 11.7. The van der Waals surface area contributed by atoms with Crippen LogP contribution in [0.5, 0.6) is 0 Å². The lowest BCUT2D eigenvalue weighted by Gasteiger charge is -2.13. The summed E-state index contributed by atoms with van der Waals surface area (Å²) in [4.78, 5) is 13.9. The van der Waals surface area contributed by atoms with Crippen LogP contribution in [-0.2, 0) is 10.9 Å². The van der Waals surface area contributed by atoms with Gasteiger partial charge in [-0.15, -0.1) is 0 Å². The zero-order valence-corrected chi connectivity index (χ0v) is 8.89. The maximum absolute atomic E-state index is 12.5. The highest BCUT2D eigenvalue weighted by molar-refractivity contribution is 5.91. The molecule has 0 fully saturated rings. The lowest BCUT2D eigenvalue weighted by Crippen LogP contribution is -2.18. The average Bonchev–Trinajstić information content (AvgIpc) is 2.26. The summed E-state index contributed by atoms with van der Waals surface area (Å²) in [6.45, 7) is 0. The molecule has 9 heteroatoms. The zero-order chi connectivity index (χ0) is 14.1. The number of nitrogens with zero attached hydrogens (tertiary/aromatic N) is 1. The van der Waals surface area contributed by atoms with Crippen LogP contribution in [0.15, 0.2) is 6.07 Å². The maximum atomic E-state index is 12.5. The number of nitrogen functional groups attached to an aromatic ring is 1. The largest absolute Gasteiger partial charge is 0.465 e. The first-order chi connectivity index (χ1) is 8.18. The Labute approximate surface area is 97.6 Å². The number of anilines is 1. The minimum absolute atomic E-state index is 0.335. The van der Waals surface area contributed by atoms with E-state index in [1.54, 1.807) is 0 Å². The number of methoxy groups -OCH3 is 1. The van der Waals surface area contributed by atoms with E-state index in [4.69, 9.17) is 5.73 Å². The van der Waals surface area contributed by atoms with Crippen molar-refractivity contribution in [2.75, 3.05) is 12.8 Å². The Morgan fingerprint density at radius 3 is 2.39 bits per heavy atom. The molecule has 1 aromatic rings. The Balaban J connectivity index is 3.52. The van der Waals surface area contributed by atoms with Gasteiger partial charge in [0.05, 0.1) is 18.2 Å². The van der Waals surface area contributed by atoms with Gasteiger partial charge in [-0.05, 0) is 6.07 Å². The number of carbonyl (C=O) groups is 1. The van der Waals surface area contributed by atoms with Crippen molar-refractivity contribution in [3.05, 3.63) is 22.9 Å². The van der Waals surface area contributed by atoms with Crippen LogP contribution < -0.4 is 5.73 Å². The first-order valence-corrected chi connectivity index (χ1v) is 4.42. The summed E-state index contributed by atoms with van der Waals surface area (Å²) in [5, 5.41) is 0. The van der Waals surface area contributed by atoms with Crippen molar-refractivity contribution < 1.29 is 31.5 Å². The number of hydrogen-bond acceptors (Lipinski definition) is 4. The van der Waals surface area contributed by atoms with Crippen LogP contribution in [0.4, 0.5) is 27.8 Å². The third-order valence-electron chi connectivity index (χ3n) is 1.99. The Hall–Kier alpha value is -1.93. The first kappa shape index (κ1) is 14.1. The molecule has 0 amide bonds. The van der Waals surface area contributed by atoms with Gasteiger partial charge in [-0.3, -0.25) is 0 Å². The first-order valence-electron chi connectivity index (χ1n) is 4.42. The highest BCUT2D eigenvalue weighted by atomic mass is 19.4. The number of carbonyl (C=O) groups excluding carboxylic acids is 1. The zero-order valence-electron chi connectivity index (χ0n) is 8.89. The van der Waals surface area contributed by atoms with Crippen molar-refractivity contribution in [3.8, 4) is 0 Å². The standard InChI is InChI=1S/C9H7F5N2O2/c1-18-8(17)3-2-4(6(10)11)7(15)16-5(3)9(12,13)14/h2,6H,1H3,(H2,15,16). The molecule has 1 rings (SSSR count). The molecule has 0 radical (unpaired) electrons. The van der Waals surface area contributed by atoms with Crippen LogP contribution in [0.3, 0.4) is 0 Å². The number of ether oxygens (including phenoxy) is 1. The number of pyridine rings is 1. The van der Waals surface area contributed by atoms with E-state index in [9.17, 15) is 26.7 Å². The Morgan fingerprint density at radius 2 is 2.00 bits per heavy atom. The van der Waals surface area contributed by atoms with Gasteiger partial charge in [0, 0.05) is 0 Å². The van der Waals surface area contributed by atoms with Crippen LogP contribution in [-0.4, -0.2) is 18.1 Å². The molecule has 0 bridgehead atoms. The second-order valence-corrected chi connectivity index (χ2v) is 3.15. The SMILES string of the molecule is COC(=O)c1cc(C(F)F)c(N)nc1C(F)(F)F. The van der Waals surface area contributed by atoms with Crippen LogP contribution >= 0.6 is 0 Å². The van der Waals surface area contributed by atoms with E-state index >= 15 is 0 Å². The summed E-state index contributed by atoms with van der Waals surface area (Å²) < 4.78 is 66.6. The van der Waals surface area contributed by atoms with Gasteiger partial charge in [-0.1, -0.05) is 0 Å². The molecule has 0 aliphatic heterocycles. The molecule has 1 aromatic heterocycles. The van der Waals surface area contributed by atoms with Crippen molar-refractivity contribution in [2.45, 2.75) is 12.6 Å². The molecule has 0 aromatic carbocycles. The van der Waals surface area contributed by atoms with Gasteiger partial charge in [0.25, 0.3) is 6.43 Å². The number of alkyl halides is 5. The lowest BCUT2D eigenvalue weighted by atomic mass is 10.1. The molecule has 2 N–H and O–H groups in total. The Kier molecular flexibility index (Phi) is 3.73. The number of esters is 1. The van der Waals surface area contributed by atoms with E-state index in [1.807, 2.05) is 0 Å². The summed E-state index contributed by atoms with van der Waals surface area (Å²) >= 11 is 0. The summed E-state index contributed by atoms with van der Waals surface area (Å²) in [5.74, 6) is -2.40. The number of nitrogens with two attached hydrogens (primary N) is 1. The van der Waals surface area contributed by atoms with Gasteiger partial charge in [0.1, 0.15) is 5.82 Å². The number of rotatable bonds is 2. The molecule has 100 valence electrons. The minimum atomic E-state index is -5.00. The fraction of sp³-hybridized carbons (Fsp3) is 0.333. The molecule has 0 atom stereocenters. The fourth-order valence-corrected chi connectivity index (χ4v) is 1.20. The summed E-state index contributed by atoms with van der Waals surface area (Å²) in [6, 6.07) is 0.335. The van der Waals surface area contributed by atoms with Crippen molar-refractivity contribution in [1.82, 2.24) is 4.98 Å². The lowest BCUT2D eigenvalue weighted by molar-refractivity contribution is -0.141. The van der Waals surface area contributed by atoms with Crippen LogP contribution in [0, 0.1) is 0 Å². The molecular weight excluding hydrogens is 263 g/mol. The van der Waals surface area contributed by atoms with Gasteiger partial charge in [-0.25, -0.2) is 18.6 Å². The molecule has 0 saturated heterocycles. The molecule has 0 aliphatic rings. The van der Waals surface area contributed by atoms with Crippen molar-refractivity contribution in [1.29, 1.82) is 0 Å². The van der Waals surface area contributed by atoms with E-state index in [2.05, 4.69) is 9.72 Å². The van der Waals surface area contributed by atoms with Crippen LogP contribution in [0.2, 0.25) is 0 Å².